The van der Waals surface area contributed by atoms with Gasteiger partial charge in [0, 0.05) is 58.0 Å². The highest BCUT2D eigenvalue weighted by atomic mass is 33.1. The van der Waals surface area contributed by atoms with E-state index in [0.717, 1.165) is 34.9 Å². The van der Waals surface area contributed by atoms with Crippen molar-refractivity contribution in [1.29, 1.82) is 0 Å². The summed E-state index contributed by atoms with van der Waals surface area (Å²) in [6, 6.07) is 12.2. The fraction of sp³-hybridized carbons (Fsp3) is 0.395. The summed E-state index contributed by atoms with van der Waals surface area (Å²) >= 11 is 0. The van der Waals surface area contributed by atoms with E-state index in [2.05, 4.69) is 40.8 Å². The summed E-state index contributed by atoms with van der Waals surface area (Å²) in [7, 11) is -14.5. The molecule has 72 heavy (non-hydrogen) atoms. The molecular formula is C43H51N7O17P3S2-. The molecule has 8 N–H and O–H groups in total. The topological polar surface area (TPSA) is 363 Å². The molecule has 1 fully saturated rings. The van der Waals surface area contributed by atoms with Crippen LogP contribution < -0.4 is 27.1 Å². The highest BCUT2D eigenvalue weighted by molar-refractivity contribution is 8.77. The Kier molecular flexibility index (Phi) is 16.8. The number of phosphoric ester groups is 1. The van der Waals surface area contributed by atoms with Crippen LogP contribution in [0.3, 0.4) is 0 Å². The van der Waals surface area contributed by atoms with E-state index in [9.17, 15) is 43.0 Å². The number of aromatic nitrogens is 4. The number of fused-ring (bicyclic) bond motifs is 3. The Hall–Kier alpha value is -4.75. The van der Waals surface area contributed by atoms with Gasteiger partial charge in [-0.2, -0.15) is 13.6 Å². The quantitative estimate of drug-likeness (QED) is 0.0151. The van der Waals surface area contributed by atoms with E-state index in [1.54, 1.807) is 12.1 Å². The van der Waals surface area contributed by atoms with Gasteiger partial charge in [0.1, 0.15) is 29.6 Å². The number of aryl methyl sites for hydroxylation is 3. The third kappa shape index (κ3) is 13.1. The van der Waals surface area contributed by atoms with Gasteiger partial charge in [0.15, 0.2) is 11.2 Å². The number of imidazole rings is 1. The third-order valence-electron chi connectivity index (χ3n) is 11.2. The van der Waals surface area contributed by atoms with Gasteiger partial charge >= 0.3 is 23.5 Å². The van der Waals surface area contributed by atoms with Crippen LogP contribution >= 0.6 is 45.1 Å². The lowest BCUT2D eigenvalue weighted by atomic mass is 9.88. The predicted molar refractivity (Wildman–Crippen MR) is 264 cm³/mol. The van der Waals surface area contributed by atoms with Crippen LogP contribution in [-0.2, 0) is 42.7 Å². The Balaban J connectivity index is 1.04. The van der Waals surface area contributed by atoms with Crippen molar-refractivity contribution < 1.29 is 75.0 Å². The molecule has 2 aromatic heterocycles. The van der Waals surface area contributed by atoms with Crippen molar-refractivity contribution in [2.24, 2.45) is 4.99 Å². The van der Waals surface area contributed by atoms with Crippen molar-refractivity contribution >= 4 is 85.0 Å². The zero-order chi connectivity index (χ0) is 52.5. The Morgan fingerprint density at radius 1 is 1.04 bits per heavy atom. The van der Waals surface area contributed by atoms with E-state index >= 15 is 0 Å². The van der Waals surface area contributed by atoms with Crippen molar-refractivity contribution in [1.82, 2.24) is 24.8 Å². The summed E-state index contributed by atoms with van der Waals surface area (Å²) in [5.74, 6) is -1.77. The van der Waals surface area contributed by atoms with Crippen molar-refractivity contribution in [2.75, 3.05) is 31.4 Å². The number of nitrogens with two attached hydrogens (primary N) is 1. The lowest BCUT2D eigenvalue weighted by Gasteiger charge is -2.25. The second kappa shape index (κ2) is 22.0. The summed E-state index contributed by atoms with van der Waals surface area (Å²) in [5.41, 5.74) is 10.2. The van der Waals surface area contributed by atoms with E-state index < -0.39 is 70.7 Å². The number of hydrogen-bond acceptors (Lipinski definition) is 19. The minimum atomic E-state index is -5.81. The number of carboxylic acids is 1. The molecule has 1 saturated heterocycles. The number of carbonyl (C=O) groups is 2. The number of phosphoric acid groups is 3. The number of nitrogen functional groups attached to an aromatic ring is 1. The summed E-state index contributed by atoms with van der Waals surface area (Å²) in [6.45, 7) is 11.5. The largest absolute Gasteiger partial charge is 0.545 e. The molecule has 4 aromatic rings. The zero-order valence-corrected chi connectivity index (χ0v) is 43.7. The minimum absolute atomic E-state index is 0.00290. The molecule has 0 saturated carbocycles. The van der Waals surface area contributed by atoms with Crippen LogP contribution in [-0.4, -0.2) is 93.6 Å². The molecule has 24 nitrogen and oxygen atoms in total. The second-order valence-corrected chi connectivity index (χ2v) is 24.5. The fourth-order valence-electron chi connectivity index (χ4n) is 8.02. The standard InChI is InChI=1S/C43H52N7O17P3S2/c1-7-9-24-15-31-28(12-22(24)3)36(29-13-23(4)30(45-8-2)16-32(29)64-31)26-11-10-25(14-27(26)41(53)54)39(51)46-19-43(5,6)72-71-21-62-33-17-35(50-20-47-37-38(50)48-42(44)49-40(37)52)65-34(33)18-63-69(58,59)67-70(60,61)66-68(55,56)57/h10-16,20,33-35H,7-9,17-19,21H2,1-6H3,(H,46,51)(H,53,54)(H,58,59)(H,60,61)(H2,55,56,57)(H3,44,48,49,52)/p-1/t33?,34-,35-/m1/s1. The van der Waals surface area contributed by atoms with Gasteiger partial charge in [0.05, 0.1) is 30.4 Å². The number of benzene rings is 3. The number of amides is 1. The number of nitrogens with one attached hydrogen (secondary N) is 2. The van der Waals surface area contributed by atoms with Crippen LogP contribution in [0.4, 0.5) is 5.95 Å². The van der Waals surface area contributed by atoms with E-state index in [-0.39, 0.29) is 47.1 Å². The molecule has 1 amide bonds. The maximum Gasteiger partial charge on any atom is 0.490 e. The number of hydrogen-bond donors (Lipinski definition) is 7. The summed E-state index contributed by atoms with van der Waals surface area (Å²) in [6.07, 6.45) is -0.154. The monoisotopic (exact) mass is 1090 g/mol. The molecule has 3 unspecified atom stereocenters. The Bertz CT molecular complexity index is 3310. The van der Waals surface area contributed by atoms with Crippen LogP contribution in [0.5, 0.6) is 0 Å². The van der Waals surface area contributed by atoms with Gasteiger partial charge in [-0.3, -0.25) is 28.7 Å². The Labute approximate surface area is 418 Å². The number of H-pyrrole nitrogens is 1. The molecule has 4 heterocycles. The number of rotatable bonds is 21. The number of anilines is 1. The molecule has 1 aliphatic carbocycles. The van der Waals surface area contributed by atoms with Crippen LogP contribution in [0.25, 0.3) is 44.6 Å². The van der Waals surface area contributed by atoms with Crippen LogP contribution in [0, 0.1) is 13.8 Å². The van der Waals surface area contributed by atoms with Crippen molar-refractivity contribution in [3.63, 3.8) is 0 Å². The Morgan fingerprint density at radius 3 is 2.49 bits per heavy atom. The maximum atomic E-state index is 13.7. The number of aromatic carboxylic acids is 1. The normalized spacial score (nSPS) is 18.5. The number of ether oxygens (including phenoxy) is 2. The average Bonchev–Trinajstić information content (AvgIpc) is 3.89. The molecule has 0 bridgehead atoms. The van der Waals surface area contributed by atoms with Crippen LogP contribution in [0.1, 0.15) is 84.2 Å². The first-order valence-electron chi connectivity index (χ1n) is 22.0. The van der Waals surface area contributed by atoms with Gasteiger partial charge in [-0.15, -0.1) is 0 Å². The first-order chi connectivity index (χ1) is 33.8. The van der Waals surface area contributed by atoms with Gasteiger partial charge in [0.2, 0.25) is 5.95 Å². The van der Waals surface area contributed by atoms with Gasteiger partial charge < -0.3 is 54.4 Å². The summed E-state index contributed by atoms with van der Waals surface area (Å²) < 4.78 is 67.4. The first-order valence-corrected chi connectivity index (χ1v) is 28.8. The lowest BCUT2D eigenvalue weighted by Crippen LogP contribution is -2.36. The van der Waals surface area contributed by atoms with Crippen molar-refractivity contribution in [3.8, 4) is 22.5 Å². The van der Waals surface area contributed by atoms with Crippen molar-refractivity contribution in [3.05, 3.63) is 92.3 Å². The van der Waals surface area contributed by atoms with Crippen LogP contribution in [0.2, 0.25) is 0 Å². The summed E-state index contributed by atoms with van der Waals surface area (Å²) in [5, 5.41) is 17.3. The molecule has 2 aliphatic heterocycles. The smallest absolute Gasteiger partial charge is 0.490 e. The Morgan fingerprint density at radius 2 is 1.79 bits per heavy atom. The third-order valence-corrected chi connectivity index (χ3v) is 17.9. The molecule has 2 aromatic carbocycles. The molecule has 0 spiro atoms. The van der Waals surface area contributed by atoms with Crippen molar-refractivity contribution in [2.45, 2.75) is 84.0 Å². The molecule has 388 valence electrons. The first kappa shape index (κ1) is 55.0. The van der Waals surface area contributed by atoms with Gasteiger partial charge in [-0.05, 0) is 93.6 Å². The SMILES string of the molecule is CCCc1cc2oc3cc(=NCC)c(C)cc-3c(-c3ccc(C(=O)NCC(C)(C)SSCOC4C[C@H](n5cnc6c(=O)[nH]c(N)nc65)O[C@@H]4COP(=O)(O)OP(=O)(O)OP(=O)(O)O)cc3C(=O)[O-])c2cc1C. The molecule has 3 aliphatic rings. The number of carboxylic acid groups (broad SMARTS) is 1. The van der Waals surface area contributed by atoms with Gasteiger partial charge in [-0.1, -0.05) is 41.0 Å². The highest BCUT2D eigenvalue weighted by Gasteiger charge is 2.44. The number of carbonyl (C=O) groups excluding carboxylic acids is 2. The molecule has 5 atom stereocenters. The van der Waals surface area contributed by atoms with E-state index in [0.29, 0.717) is 40.0 Å². The van der Waals surface area contributed by atoms with Gasteiger partial charge in [0.25, 0.3) is 11.5 Å². The highest BCUT2D eigenvalue weighted by Crippen LogP contribution is 2.66. The second-order valence-electron chi connectivity index (χ2n) is 17.2. The molecule has 7 rings (SSSR count). The van der Waals surface area contributed by atoms with E-state index in [4.69, 9.17) is 33.9 Å². The van der Waals surface area contributed by atoms with E-state index in [1.807, 2.05) is 58.9 Å². The van der Waals surface area contributed by atoms with E-state index in [1.165, 1.54) is 38.5 Å². The minimum Gasteiger partial charge on any atom is -0.545 e. The summed E-state index contributed by atoms with van der Waals surface area (Å²) in [4.78, 5) is 91.7. The van der Waals surface area contributed by atoms with Gasteiger partial charge in [-0.25, -0.2) is 18.7 Å². The molecule has 29 heteroatoms. The zero-order valence-electron chi connectivity index (χ0n) is 39.4. The molecule has 0 radical (unpaired) electrons. The fourth-order valence-corrected chi connectivity index (χ4v) is 13.2. The lowest BCUT2D eigenvalue weighted by molar-refractivity contribution is -0.255. The average molecular weight is 1090 g/mol. The predicted octanol–water partition coefficient (Wildman–Crippen LogP) is 5.64. The number of aromatic amines is 1. The molecular weight excluding hydrogens is 1040 g/mol. The van der Waals surface area contributed by atoms with Crippen LogP contribution in [0.15, 0.2) is 63.0 Å². The maximum absolute atomic E-state index is 13.7. The number of nitrogens with zero attached hydrogens (tertiary/aromatic N) is 4.